The van der Waals surface area contributed by atoms with Gasteiger partial charge in [0.2, 0.25) is 0 Å². The zero-order valence-corrected chi connectivity index (χ0v) is 8.97. The molecule has 0 aromatic rings. The quantitative estimate of drug-likeness (QED) is 0.461. The van der Waals surface area contributed by atoms with Crippen LogP contribution in [-0.2, 0) is 0 Å². The molecule has 0 aliphatic carbocycles. The minimum absolute atomic E-state index is 0.0168. The Morgan fingerprint density at radius 1 is 1.75 bits per heavy atom. The van der Waals surface area contributed by atoms with Gasteiger partial charge in [0.15, 0.2) is 0 Å². The van der Waals surface area contributed by atoms with E-state index in [0.29, 0.717) is 6.04 Å². The summed E-state index contributed by atoms with van der Waals surface area (Å²) < 4.78 is 3.71. The van der Waals surface area contributed by atoms with Crippen LogP contribution in [0.25, 0.3) is 0 Å². The molecule has 0 amide bonds. The number of rotatable bonds is 2. The molecule has 0 bridgehead atoms. The zero-order valence-electron chi connectivity index (χ0n) is 6.81. The van der Waals surface area contributed by atoms with Gasteiger partial charge in [-0.05, 0) is 13.3 Å². The van der Waals surface area contributed by atoms with Crippen molar-refractivity contribution in [2.75, 3.05) is 0 Å². The molecule has 0 spiro atoms. The van der Waals surface area contributed by atoms with Gasteiger partial charge in [0.25, 0.3) is 0 Å². The van der Waals surface area contributed by atoms with E-state index in [1.807, 2.05) is 29.1 Å². The van der Waals surface area contributed by atoms with Gasteiger partial charge >= 0.3 is 0 Å². The summed E-state index contributed by atoms with van der Waals surface area (Å²) in [4.78, 5) is 8.15. The standard InChI is InChI=1S/C7H11IN4/c1-6-2-3-10-7(12-6)4-9-5-11-8/h3-7,12H,2H2,1H3/b9-4+,11-5-. The first-order valence-corrected chi connectivity index (χ1v) is 4.73. The van der Waals surface area contributed by atoms with Crippen LogP contribution in [0.3, 0.4) is 0 Å². The Bertz CT molecular complexity index is 211. The molecule has 0 saturated carbocycles. The lowest BCUT2D eigenvalue weighted by Crippen LogP contribution is -2.39. The Kier molecular flexibility index (Phi) is 4.37. The maximum Gasteiger partial charge on any atom is 0.135 e. The number of hydrogen-bond acceptors (Lipinski definition) is 3. The van der Waals surface area contributed by atoms with E-state index in [4.69, 9.17) is 0 Å². The highest BCUT2D eigenvalue weighted by molar-refractivity contribution is 14.1. The summed E-state index contributed by atoms with van der Waals surface area (Å²) in [5, 5.41) is 3.26. The van der Waals surface area contributed by atoms with Gasteiger partial charge in [-0.15, -0.1) is 0 Å². The Balaban J connectivity index is 2.42. The van der Waals surface area contributed by atoms with E-state index >= 15 is 0 Å². The highest BCUT2D eigenvalue weighted by Crippen LogP contribution is 1.97. The Labute approximate surface area is 85.8 Å². The number of halogens is 1. The molecule has 1 N–H and O–H groups in total. The highest BCUT2D eigenvalue weighted by Gasteiger charge is 2.10. The molecule has 4 nitrogen and oxygen atoms in total. The second-order valence-electron chi connectivity index (χ2n) is 2.59. The SMILES string of the molecule is CC1CC=NC(/C=N/C=N\I)N1. The first-order chi connectivity index (χ1) is 5.83. The van der Waals surface area contributed by atoms with Crippen LogP contribution in [0.5, 0.6) is 0 Å². The molecular weight excluding hydrogens is 267 g/mol. The first-order valence-electron chi connectivity index (χ1n) is 3.76. The van der Waals surface area contributed by atoms with Crippen molar-refractivity contribution in [2.45, 2.75) is 25.6 Å². The molecule has 0 saturated heterocycles. The van der Waals surface area contributed by atoms with Crippen LogP contribution >= 0.6 is 22.9 Å². The normalized spacial score (nSPS) is 30.5. The Morgan fingerprint density at radius 2 is 2.58 bits per heavy atom. The zero-order chi connectivity index (χ0) is 8.81. The van der Waals surface area contributed by atoms with Gasteiger partial charge in [0, 0.05) is 18.5 Å². The summed E-state index contributed by atoms with van der Waals surface area (Å²) in [5.41, 5.74) is 0. The lowest BCUT2D eigenvalue weighted by Gasteiger charge is -2.19. The molecule has 66 valence electrons. The predicted octanol–water partition coefficient (Wildman–Crippen LogP) is 1.21. The molecular formula is C7H11IN4. The van der Waals surface area contributed by atoms with Crippen LogP contribution in [0, 0.1) is 0 Å². The molecule has 1 rings (SSSR count). The minimum atomic E-state index is 0.0168. The van der Waals surface area contributed by atoms with Crippen LogP contribution in [0.1, 0.15) is 13.3 Å². The number of hydrogen-bond donors (Lipinski definition) is 1. The topological polar surface area (TPSA) is 49.1 Å². The summed E-state index contributed by atoms with van der Waals surface area (Å²) in [6.45, 7) is 2.12. The van der Waals surface area contributed by atoms with Crippen molar-refractivity contribution in [3.63, 3.8) is 0 Å². The third kappa shape index (κ3) is 3.40. The van der Waals surface area contributed by atoms with E-state index in [1.54, 1.807) is 6.21 Å². The summed E-state index contributed by atoms with van der Waals surface area (Å²) in [7, 11) is 0. The van der Waals surface area contributed by atoms with Crippen LogP contribution in [-0.4, -0.2) is 31.0 Å². The van der Waals surface area contributed by atoms with E-state index in [0.717, 1.165) is 6.42 Å². The van der Waals surface area contributed by atoms with Gasteiger partial charge in [-0.3, -0.25) is 10.3 Å². The van der Waals surface area contributed by atoms with E-state index in [1.165, 1.54) is 6.34 Å². The average Bonchev–Trinajstić information content (AvgIpc) is 2.05. The molecule has 2 unspecified atom stereocenters. The third-order valence-electron chi connectivity index (χ3n) is 1.52. The third-order valence-corrected chi connectivity index (χ3v) is 1.77. The molecule has 1 heterocycles. The van der Waals surface area contributed by atoms with Crippen LogP contribution in [0.15, 0.2) is 13.2 Å². The van der Waals surface area contributed by atoms with Gasteiger partial charge in [0.05, 0.1) is 22.9 Å². The van der Waals surface area contributed by atoms with Crippen molar-refractivity contribution in [3.05, 3.63) is 0 Å². The van der Waals surface area contributed by atoms with E-state index in [2.05, 4.69) is 25.4 Å². The fourth-order valence-corrected chi connectivity index (χ4v) is 1.11. The molecule has 0 radical (unpaired) electrons. The van der Waals surface area contributed by atoms with Crippen molar-refractivity contribution >= 4 is 41.6 Å². The minimum Gasteiger partial charge on any atom is -0.288 e. The molecule has 0 aromatic heterocycles. The van der Waals surface area contributed by atoms with Crippen LogP contribution in [0.4, 0.5) is 0 Å². The number of aliphatic imine (C=N–C) groups is 2. The second-order valence-corrected chi connectivity index (χ2v) is 3.15. The molecule has 0 fully saturated rings. The molecule has 0 aromatic carbocycles. The number of nitrogens with one attached hydrogen (secondary N) is 1. The maximum atomic E-state index is 4.20. The first kappa shape index (κ1) is 9.79. The fourth-order valence-electron chi connectivity index (χ4n) is 0.962. The molecule has 12 heavy (non-hydrogen) atoms. The Morgan fingerprint density at radius 3 is 3.25 bits per heavy atom. The van der Waals surface area contributed by atoms with Crippen molar-refractivity contribution in [1.29, 1.82) is 0 Å². The predicted molar refractivity (Wildman–Crippen MR) is 60.5 cm³/mol. The van der Waals surface area contributed by atoms with E-state index in [-0.39, 0.29) is 6.17 Å². The van der Waals surface area contributed by atoms with Gasteiger partial charge in [-0.2, -0.15) is 0 Å². The fraction of sp³-hybridized carbons (Fsp3) is 0.571. The van der Waals surface area contributed by atoms with Crippen molar-refractivity contribution in [1.82, 2.24) is 5.32 Å². The van der Waals surface area contributed by atoms with E-state index in [9.17, 15) is 0 Å². The van der Waals surface area contributed by atoms with Gasteiger partial charge in [-0.1, -0.05) is 0 Å². The maximum absolute atomic E-state index is 4.20. The van der Waals surface area contributed by atoms with Crippen molar-refractivity contribution < 1.29 is 0 Å². The monoisotopic (exact) mass is 278 g/mol. The molecule has 1 aliphatic heterocycles. The summed E-state index contributed by atoms with van der Waals surface area (Å²) in [5.74, 6) is 0. The molecule has 5 heteroatoms. The largest absolute Gasteiger partial charge is 0.288 e. The molecule has 2 atom stereocenters. The highest BCUT2D eigenvalue weighted by atomic mass is 127. The second kappa shape index (κ2) is 5.36. The number of nitrogens with zero attached hydrogens (tertiary/aromatic N) is 3. The smallest absolute Gasteiger partial charge is 0.135 e. The van der Waals surface area contributed by atoms with Gasteiger partial charge in [-0.25, -0.2) is 8.20 Å². The summed E-state index contributed by atoms with van der Waals surface area (Å²) in [6.07, 6.45) is 6.18. The van der Waals surface area contributed by atoms with Gasteiger partial charge in [0.1, 0.15) is 12.5 Å². The van der Waals surface area contributed by atoms with Crippen molar-refractivity contribution in [2.24, 2.45) is 13.2 Å². The van der Waals surface area contributed by atoms with E-state index < -0.39 is 0 Å². The summed E-state index contributed by atoms with van der Waals surface area (Å²) in [6, 6.07) is 0.482. The summed E-state index contributed by atoms with van der Waals surface area (Å²) >= 11 is 1.88. The molecule has 1 aliphatic rings. The average molecular weight is 278 g/mol. The van der Waals surface area contributed by atoms with Crippen LogP contribution in [0.2, 0.25) is 0 Å². The lowest BCUT2D eigenvalue weighted by molar-refractivity contribution is 0.520. The van der Waals surface area contributed by atoms with Gasteiger partial charge < -0.3 is 0 Å². The Hall–Kier alpha value is -0.300. The van der Waals surface area contributed by atoms with Crippen molar-refractivity contribution in [3.8, 4) is 0 Å². The lowest BCUT2D eigenvalue weighted by atomic mass is 10.2. The van der Waals surface area contributed by atoms with Crippen LogP contribution < -0.4 is 5.32 Å².